The van der Waals surface area contributed by atoms with E-state index in [1.165, 1.54) is 24.3 Å². The van der Waals surface area contributed by atoms with Crippen molar-refractivity contribution in [1.29, 1.82) is 0 Å². The van der Waals surface area contributed by atoms with E-state index in [-0.39, 0.29) is 11.6 Å². The van der Waals surface area contributed by atoms with Gasteiger partial charge in [0, 0.05) is 40.5 Å². The zero-order valence-corrected chi connectivity index (χ0v) is 12.6. The van der Waals surface area contributed by atoms with Crippen molar-refractivity contribution in [3.05, 3.63) is 75.8 Å². The first-order valence-electron chi connectivity index (χ1n) is 6.69. The zero-order chi connectivity index (χ0) is 16.2. The molecule has 23 heavy (non-hydrogen) atoms. The number of hydrogen-bond donors (Lipinski definition) is 1. The van der Waals surface area contributed by atoms with Crippen molar-refractivity contribution in [1.82, 2.24) is 4.98 Å². The molecule has 1 heterocycles. The van der Waals surface area contributed by atoms with E-state index < -0.39 is 4.92 Å². The first kappa shape index (κ1) is 14.9. The molecule has 0 aliphatic rings. The number of hydrogen-bond acceptors (Lipinski definition) is 5. The Hall–Kier alpha value is -3.06. The first-order chi connectivity index (χ1) is 11.1. The lowest BCUT2D eigenvalue weighted by Gasteiger charge is -2.06. The summed E-state index contributed by atoms with van der Waals surface area (Å²) >= 11 is 1.54. The van der Waals surface area contributed by atoms with E-state index in [4.69, 9.17) is 0 Å². The van der Waals surface area contributed by atoms with E-state index in [2.05, 4.69) is 10.3 Å². The molecule has 114 valence electrons. The van der Waals surface area contributed by atoms with Crippen LogP contribution >= 0.6 is 11.3 Å². The maximum atomic E-state index is 12.1. The van der Waals surface area contributed by atoms with E-state index in [1.807, 2.05) is 17.5 Å². The third-order valence-corrected chi connectivity index (χ3v) is 3.98. The predicted octanol–water partition coefficient (Wildman–Crippen LogP) is 3.97. The average Bonchev–Trinajstić information content (AvgIpc) is 3.10. The number of thiazole rings is 1. The molecule has 0 unspecified atom stereocenters. The quantitative estimate of drug-likeness (QED) is 0.581. The second-order valence-corrected chi connectivity index (χ2v) is 5.57. The smallest absolute Gasteiger partial charge is 0.269 e. The molecule has 0 spiro atoms. The fourth-order valence-electron chi connectivity index (χ4n) is 2.00. The van der Waals surface area contributed by atoms with Crippen molar-refractivity contribution in [3.63, 3.8) is 0 Å². The Morgan fingerprint density at radius 2 is 1.78 bits per heavy atom. The van der Waals surface area contributed by atoms with Gasteiger partial charge in [0.2, 0.25) is 0 Å². The van der Waals surface area contributed by atoms with Gasteiger partial charge < -0.3 is 5.32 Å². The Morgan fingerprint density at radius 1 is 1.09 bits per heavy atom. The lowest BCUT2D eigenvalue weighted by atomic mass is 10.1. The highest BCUT2D eigenvalue weighted by Gasteiger charge is 2.10. The first-order valence-corrected chi connectivity index (χ1v) is 7.57. The van der Waals surface area contributed by atoms with Crippen LogP contribution in [0.3, 0.4) is 0 Å². The molecule has 6 nitrogen and oxygen atoms in total. The van der Waals surface area contributed by atoms with Crippen LogP contribution in [0.4, 0.5) is 11.4 Å². The summed E-state index contributed by atoms with van der Waals surface area (Å²) in [7, 11) is 0. The highest BCUT2D eigenvalue weighted by molar-refractivity contribution is 7.13. The van der Waals surface area contributed by atoms with Gasteiger partial charge in [-0.25, -0.2) is 4.98 Å². The predicted molar refractivity (Wildman–Crippen MR) is 88.6 cm³/mol. The largest absolute Gasteiger partial charge is 0.322 e. The SMILES string of the molecule is O=C(Nc1ccc(-c2nccs2)cc1)c1ccc([N+](=O)[O-])cc1. The number of carbonyl (C=O) groups is 1. The zero-order valence-electron chi connectivity index (χ0n) is 11.8. The van der Waals surface area contributed by atoms with Crippen molar-refractivity contribution in [2.45, 2.75) is 0 Å². The summed E-state index contributed by atoms with van der Waals surface area (Å²) in [5, 5.41) is 16.2. The van der Waals surface area contributed by atoms with E-state index in [9.17, 15) is 14.9 Å². The summed E-state index contributed by atoms with van der Waals surface area (Å²) in [6.45, 7) is 0. The van der Waals surface area contributed by atoms with Crippen molar-refractivity contribution in [2.75, 3.05) is 5.32 Å². The van der Waals surface area contributed by atoms with Crippen LogP contribution < -0.4 is 5.32 Å². The van der Waals surface area contributed by atoms with Crippen molar-refractivity contribution < 1.29 is 9.72 Å². The Morgan fingerprint density at radius 3 is 2.35 bits per heavy atom. The number of benzene rings is 2. The Bertz CT molecular complexity index is 828. The van der Waals surface area contributed by atoms with E-state index in [0.717, 1.165) is 10.6 Å². The standard InChI is InChI=1S/C16H11N3O3S/c20-15(11-3-7-14(8-4-11)19(21)22)18-13-5-1-12(2-6-13)16-17-9-10-23-16/h1-10H,(H,18,20). The Kier molecular flexibility index (Phi) is 4.11. The lowest BCUT2D eigenvalue weighted by molar-refractivity contribution is -0.384. The minimum absolute atomic E-state index is 0.0469. The van der Waals surface area contributed by atoms with Gasteiger partial charge in [-0.15, -0.1) is 11.3 Å². The number of nitrogens with one attached hydrogen (secondary N) is 1. The molecule has 1 N–H and O–H groups in total. The summed E-state index contributed by atoms with van der Waals surface area (Å²) in [6.07, 6.45) is 1.74. The van der Waals surface area contributed by atoms with E-state index in [0.29, 0.717) is 11.3 Å². The van der Waals surface area contributed by atoms with Crippen LogP contribution in [-0.4, -0.2) is 15.8 Å². The van der Waals surface area contributed by atoms with Crippen LogP contribution in [0.25, 0.3) is 10.6 Å². The molecular weight excluding hydrogens is 314 g/mol. The van der Waals surface area contributed by atoms with Gasteiger partial charge in [0.25, 0.3) is 11.6 Å². The minimum Gasteiger partial charge on any atom is -0.322 e. The molecular formula is C16H11N3O3S. The molecule has 0 bridgehead atoms. The monoisotopic (exact) mass is 325 g/mol. The molecule has 0 aliphatic carbocycles. The maximum Gasteiger partial charge on any atom is 0.269 e. The Balaban J connectivity index is 1.71. The van der Waals surface area contributed by atoms with Gasteiger partial charge in [-0.3, -0.25) is 14.9 Å². The average molecular weight is 325 g/mol. The van der Waals surface area contributed by atoms with Crippen LogP contribution in [0.5, 0.6) is 0 Å². The van der Waals surface area contributed by atoms with Gasteiger partial charge in [0.1, 0.15) is 5.01 Å². The summed E-state index contributed by atoms with van der Waals surface area (Å²) in [5.74, 6) is -0.318. The normalized spacial score (nSPS) is 10.3. The number of nitro groups is 1. The highest BCUT2D eigenvalue weighted by Crippen LogP contribution is 2.23. The minimum atomic E-state index is -0.501. The van der Waals surface area contributed by atoms with Gasteiger partial charge >= 0.3 is 0 Å². The van der Waals surface area contributed by atoms with Gasteiger partial charge in [0.15, 0.2) is 0 Å². The summed E-state index contributed by atoms with van der Waals surface area (Å²) in [6, 6.07) is 12.8. The van der Waals surface area contributed by atoms with Crippen molar-refractivity contribution >= 4 is 28.6 Å². The number of non-ortho nitro benzene ring substituents is 1. The van der Waals surface area contributed by atoms with Crippen molar-refractivity contribution in [3.8, 4) is 10.6 Å². The Labute approximate surface area is 135 Å². The van der Waals surface area contributed by atoms with E-state index in [1.54, 1.807) is 29.7 Å². The number of nitrogens with zero attached hydrogens (tertiary/aromatic N) is 2. The summed E-state index contributed by atoms with van der Waals surface area (Å²) in [5.41, 5.74) is 1.94. The van der Waals surface area contributed by atoms with Crippen LogP contribution in [0, 0.1) is 10.1 Å². The van der Waals surface area contributed by atoms with Crippen molar-refractivity contribution in [2.24, 2.45) is 0 Å². The van der Waals surface area contributed by atoms with Crippen LogP contribution in [-0.2, 0) is 0 Å². The van der Waals surface area contributed by atoms with Gasteiger partial charge in [0.05, 0.1) is 4.92 Å². The second-order valence-electron chi connectivity index (χ2n) is 4.67. The number of anilines is 1. The third kappa shape index (κ3) is 3.41. The molecule has 1 aromatic heterocycles. The molecule has 7 heteroatoms. The van der Waals surface area contributed by atoms with E-state index >= 15 is 0 Å². The number of nitro benzene ring substituents is 1. The molecule has 0 atom stereocenters. The molecule has 3 rings (SSSR count). The van der Waals surface area contributed by atoms with Gasteiger partial charge in [-0.05, 0) is 36.4 Å². The summed E-state index contributed by atoms with van der Waals surface area (Å²) < 4.78 is 0. The molecule has 0 saturated heterocycles. The molecule has 0 saturated carbocycles. The maximum absolute atomic E-state index is 12.1. The highest BCUT2D eigenvalue weighted by atomic mass is 32.1. The molecule has 1 amide bonds. The van der Waals surface area contributed by atoms with Crippen LogP contribution in [0.2, 0.25) is 0 Å². The fraction of sp³-hybridized carbons (Fsp3) is 0. The second kappa shape index (κ2) is 6.37. The molecule has 3 aromatic rings. The third-order valence-electron chi connectivity index (χ3n) is 3.16. The van der Waals surface area contributed by atoms with Gasteiger partial charge in [-0.1, -0.05) is 0 Å². The number of aromatic nitrogens is 1. The molecule has 2 aromatic carbocycles. The molecule has 0 fully saturated rings. The number of carbonyl (C=O) groups excluding carboxylic acids is 1. The van der Waals surface area contributed by atoms with Crippen LogP contribution in [0.15, 0.2) is 60.1 Å². The van der Waals surface area contributed by atoms with Gasteiger partial charge in [-0.2, -0.15) is 0 Å². The topological polar surface area (TPSA) is 85.1 Å². The molecule has 0 radical (unpaired) electrons. The number of amides is 1. The lowest BCUT2D eigenvalue weighted by Crippen LogP contribution is -2.11. The summed E-state index contributed by atoms with van der Waals surface area (Å²) in [4.78, 5) is 26.4. The fourth-order valence-corrected chi connectivity index (χ4v) is 2.64. The number of rotatable bonds is 4. The van der Waals surface area contributed by atoms with Crippen LogP contribution in [0.1, 0.15) is 10.4 Å². The molecule has 0 aliphatic heterocycles.